The molecule has 2 aromatic heterocycles. The number of aromatic nitrogens is 3. The van der Waals surface area contributed by atoms with E-state index in [9.17, 15) is 13.5 Å². The topological polar surface area (TPSA) is 134 Å². The number of nitrogens with two attached hydrogens (primary N) is 1. The summed E-state index contributed by atoms with van der Waals surface area (Å²) in [6.45, 7) is 1.86. The average molecular weight is 401 g/mol. The van der Waals surface area contributed by atoms with Crippen molar-refractivity contribution in [1.82, 2.24) is 19.9 Å². The summed E-state index contributed by atoms with van der Waals surface area (Å²) in [6.07, 6.45) is 2.21. The Bertz CT molecular complexity index is 1120. The molecule has 9 heteroatoms. The number of fused-ring (bicyclic) bond motifs is 1. The summed E-state index contributed by atoms with van der Waals surface area (Å²) < 4.78 is 28.3. The molecule has 1 fully saturated rings. The Kier molecular flexibility index (Phi) is 4.82. The lowest BCUT2D eigenvalue weighted by Gasteiger charge is -2.26. The first-order chi connectivity index (χ1) is 13.3. The van der Waals surface area contributed by atoms with Crippen LogP contribution in [0.1, 0.15) is 31.2 Å². The third-order valence-electron chi connectivity index (χ3n) is 5.24. The van der Waals surface area contributed by atoms with Crippen molar-refractivity contribution >= 4 is 26.9 Å². The van der Waals surface area contributed by atoms with E-state index in [2.05, 4.69) is 19.9 Å². The molecule has 2 heterocycles. The number of pyridine rings is 1. The van der Waals surface area contributed by atoms with E-state index in [1.165, 1.54) is 0 Å². The normalized spacial score (nSPS) is 20.5. The number of hydrogen-bond donors (Lipinski definition) is 4. The number of hydrogen-bond acceptors (Lipinski definition) is 6. The summed E-state index contributed by atoms with van der Waals surface area (Å²) in [6, 6.07) is 8.57. The van der Waals surface area contributed by atoms with Gasteiger partial charge in [0.25, 0.3) is 0 Å². The molecule has 1 aliphatic carbocycles. The SMILES string of the molecule is Cc1cc(S(=O)(=O)N[C@H]2CC[C@@H](O)CC2)ccc1-c1ccc2[nH]nc(N)c2n1. The first kappa shape index (κ1) is 18.9. The zero-order chi connectivity index (χ0) is 19.9. The van der Waals surface area contributed by atoms with Crippen LogP contribution in [-0.2, 0) is 10.0 Å². The molecule has 0 amide bonds. The lowest BCUT2D eigenvalue weighted by Crippen LogP contribution is -2.38. The first-order valence-corrected chi connectivity index (χ1v) is 10.7. The molecule has 1 saturated carbocycles. The zero-order valence-corrected chi connectivity index (χ0v) is 16.3. The van der Waals surface area contributed by atoms with E-state index >= 15 is 0 Å². The van der Waals surface area contributed by atoms with Gasteiger partial charge in [0, 0.05) is 11.6 Å². The van der Waals surface area contributed by atoms with E-state index in [1.54, 1.807) is 18.2 Å². The maximum absolute atomic E-state index is 12.7. The van der Waals surface area contributed by atoms with Gasteiger partial charge in [-0.2, -0.15) is 5.10 Å². The number of sulfonamides is 1. The molecule has 0 aliphatic heterocycles. The van der Waals surface area contributed by atoms with Crippen LogP contribution < -0.4 is 10.5 Å². The Labute approximate surface area is 163 Å². The van der Waals surface area contributed by atoms with Crippen LogP contribution in [0.4, 0.5) is 5.82 Å². The second-order valence-electron chi connectivity index (χ2n) is 7.30. The minimum atomic E-state index is -3.62. The van der Waals surface area contributed by atoms with Gasteiger partial charge < -0.3 is 10.8 Å². The highest BCUT2D eigenvalue weighted by Gasteiger charge is 2.25. The summed E-state index contributed by atoms with van der Waals surface area (Å²) in [5, 5.41) is 16.3. The number of aliphatic hydroxyl groups excluding tert-OH is 1. The van der Waals surface area contributed by atoms with E-state index in [4.69, 9.17) is 5.73 Å². The van der Waals surface area contributed by atoms with Crippen molar-refractivity contribution in [1.29, 1.82) is 0 Å². The van der Waals surface area contributed by atoms with Crippen molar-refractivity contribution in [3.63, 3.8) is 0 Å². The number of rotatable bonds is 4. The number of benzene rings is 1. The zero-order valence-electron chi connectivity index (χ0n) is 15.5. The fraction of sp³-hybridized carbons (Fsp3) is 0.368. The van der Waals surface area contributed by atoms with E-state index in [0.29, 0.717) is 42.7 Å². The number of aryl methyl sites for hydroxylation is 1. The summed E-state index contributed by atoms with van der Waals surface area (Å²) in [7, 11) is -3.62. The Morgan fingerprint density at radius 1 is 1.18 bits per heavy atom. The number of nitrogens with one attached hydrogen (secondary N) is 2. The second kappa shape index (κ2) is 7.16. The largest absolute Gasteiger partial charge is 0.393 e. The molecule has 0 radical (unpaired) electrons. The van der Waals surface area contributed by atoms with Crippen molar-refractivity contribution in [2.24, 2.45) is 0 Å². The van der Waals surface area contributed by atoms with Gasteiger partial charge in [0.1, 0.15) is 5.52 Å². The Balaban J connectivity index is 1.60. The third kappa shape index (κ3) is 3.60. The minimum Gasteiger partial charge on any atom is -0.393 e. The summed E-state index contributed by atoms with van der Waals surface area (Å²) in [5.74, 6) is 0.329. The number of H-pyrrole nitrogens is 1. The number of anilines is 1. The van der Waals surface area contributed by atoms with Gasteiger partial charge in [0.15, 0.2) is 5.82 Å². The Morgan fingerprint density at radius 2 is 1.93 bits per heavy atom. The van der Waals surface area contributed by atoms with Crippen LogP contribution in [0.15, 0.2) is 35.2 Å². The number of nitrogen functional groups attached to an aromatic ring is 1. The predicted molar refractivity (Wildman–Crippen MR) is 107 cm³/mol. The van der Waals surface area contributed by atoms with Gasteiger partial charge in [0.2, 0.25) is 10.0 Å². The van der Waals surface area contributed by atoms with Crippen LogP contribution in [0, 0.1) is 6.92 Å². The van der Waals surface area contributed by atoms with Crippen LogP contribution in [-0.4, -0.2) is 40.9 Å². The molecule has 0 unspecified atom stereocenters. The number of aliphatic hydroxyl groups is 1. The van der Waals surface area contributed by atoms with E-state index in [-0.39, 0.29) is 17.0 Å². The molecule has 0 spiro atoms. The fourth-order valence-electron chi connectivity index (χ4n) is 3.64. The smallest absolute Gasteiger partial charge is 0.240 e. The highest BCUT2D eigenvalue weighted by Crippen LogP contribution is 2.28. The molecule has 8 nitrogen and oxygen atoms in total. The van der Waals surface area contributed by atoms with Gasteiger partial charge in [-0.1, -0.05) is 6.07 Å². The predicted octanol–water partition coefficient (Wildman–Crippen LogP) is 2.10. The molecular weight excluding hydrogens is 378 g/mol. The van der Waals surface area contributed by atoms with Crippen LogP contribution in [0.3, 0.4) is 0 Å². The molecule has 1 aliphatic rings. The molecule has 3 aromatic rings. The van der Waals surface area contributed by atoms with Gasteiger partial charge >= 0.3 is 0 Å². The van der Waals surface area contributed by atoms with E-state index < -0.39 is 10.0 Å². The summed E-state index contributed by atoms with van der Waals surface area (Å²) >= 11 is 0. The van der Waals surface area contributed by atoms with Crippen molar-refractivity contribution < 1.29 is 13.5 Å². The maximum atomic E-state index is 12.7. The minimum absolute atomic E-state index is 0.137. The van der Waals surface area contributed by atoms with E-state index in [0.717, 1.165) is 16.6 Å². The molecule has 1 aromatic carbocycles. The van der Waals surface area contributed by atoms with Crippen molar-refractivity contribution in [3.8, 4) is 11.3 Å². The highest BCUT2D eigenvalue weighted by atomic mass is 32.2. The molecule has 28 heavy (non-hydrogen) atoms. The van der Waals surface area contributed by atoms with Gasteiger partial charge in [-0.05, 0) is 62.4 Å². The Morgan fingerprint density at radius 3 is 2.64 bits per heavy atom. The summed E-state index contributed by atoms with van der Waals surface area (Å²) in [4.78, 5) is 4.78. The maximum Gasteiger partial charge on any atom is 0.240 e. The lowest BCUT2D eigenvalue weighted by atomic mass is 9.94. The molecule has 4 rings (SSSR count). The molecule has 0 bridgehead atoms. The molecule has 5 N–H and O–H groups in total. The van der Waals surface area contributed by atoms with Crippen molar-refractivity contribution in [3.05, 3.63) is 35.9 Å². The van der Waals surface area contributed by atoms with Crippen LogP contribution >= 0.6 is 0 Å². The molecule has 0 saturated heterocycles. The third-order valence-corrected chi connectivity index (χ3v) is 6.76. The second-order valence-corrected chi connectivity index (χ2v) is 9.02. The van der Waals surface area contributed by atoms with E-state index in [1.807, 2.05) is 19.1 Å². The quantitative estimate of drug-likeness (QED) is 0.529. The van der Waals surface area contributed by atoms with Crippen LogP contribution in [0.5, 0.6) is 0 Å². The van der Waals surface area contributed by atoms with Gasteiger partial charge in [0.05, 0.1) is 22.2 Å². The summed E-state index contributed by atoms with van der Waals surface area (Å²) in [5.41, 5.74) is 9.52. The fourth-order valence-corrected chi connectivity index (χ4v) is 5.03. The molecular formula is C19H23N5O3S. The van der Waals surface area contributed by atoms with Crippen LogP contribution in [0.25, 0.3) is 22.3 Å². The number of nitrogens with zero attached hydrogens (tertiary/aromatic N) is 2. The molecule has 0 atom stereocenters. The lowest BCUT2D eigenvalue weighted by molar-refractivity contribution is 0.120. The average Bonchev–Trinajstić information content (AvgIpc) is 3.04. The number of aromatic amines is 1. The first-order valence-electron chi connectivity index (χ1n) is 9.25. The van der Waals surface area contributed by atoms with Crippen LogP contribution in [0.2, 0.25) is 0 Å². The Hall–Kier alpha value is -2.49. The van der Waals surface area contributed by atoms with Gasteiger partial charge in [-0.25, -0.2) is 18.1 Å². The van der Waals surface area contributed by atoms with Gasteiger partial charge in [-0.3, -0.25) is 5.10 Å². The molecule has 148 valence electrons. The standard InChI is InChI=1S/C19H23N5O3S/c1-11-10-14(28(26,27)24-12-2-4-13(25)5-3-12)6-7-15(11)16-8-9-17-18(21-16)19(20)23-22-17/h6-10,12-13,24-25H,2-5H2,1H3,(H3,20,22,23)/t12-,13+. The van der Waals surface area contributed by atoms with Crippen molar-refractivity contribution in [2.45, 2.75) is 49.6 Å². The van der Waals surface area contributed by atoms with Gasteiger partial charge in [-0.15, -0.1) is 0 Å². The highest BCUT2D eigenvalue weighted by molar-refractivity contribution is 7.89. The monoisotopic (exact) mass is 401 g/mol. The van der Waals surface area contributed by atoms with Crippen molar-refractivity contribution in [2.75, 3.05) is 5.73 Å².